The van der Waals surface area contributed by atoms with E-state index < -0.39 is 0 Å². The molecule has 1 aromatic carbocycles. The Bertz CT molecular complexity index is 477. The first-order chi connectivity index (χ1) is 6.72. The lowest BCUT2D eigenvalue weighted by atomic mass is 10.1. The summed E-state index contributed by atoms with van der Waals surface area (Å²) < 4.78 is 0. The number of nitrogens with zero attached hydrogens (tertiary/aromatic N) is 1. The second-order valence-corrected chi connectivity index (χ2v) is 3.42. The zero-order valence-corrected chi connectivity index (χ0v) is 8.33. The molecule has 3 nitrogen and oxygen atoms in total. The monoisotopic (exact) mass is 187 g/mol. The molecule has 0 radical (unpaired) electrons. The number of hydrogen-bond donors (Lipinski definition) is 2. The summed E-state index contributed by atoms with van der Waals surface area (Å²) in [6.45, 7) is 4.16. The van der Waals surface area contributed by atoms with Gasteiger partial charge in [0, 0.05) is 5.39 Å². The lowest BCUT2D eigenvalue weighted by Crippen LogP contribution is -2.08. The average Bonchev–Trinajstić information content (AvgIpc) is 2.23. The predicted octanol–water partition coefficient (Wildman–Crippen LogP) is 2.14. The summed E-state index contributed by atoms with van der Waals surface area (Å²) in [7, 11) is 0. The van der Waals surface area contributed by atoms with Crippen molar-refractivity contribution in [3.8, 4) is 0 Å². The minimum absolute atomic E-state index is 0.700. The molecule has 0 spiro atoms. The molecule has 0 atom stereocenters. The van der Waals surface area contributed by atoms with E-state index in [0.717, 1.165) is 10.9 Å². The highest BCUT2D eigenvalue weighted by molar-refractivity contribution is 5.84. The van der Waals surface area contributed by atoms with Crippen molar-refractivity contribution in [2.45, 2.75) is 13.8 Å². The fourth-order valence-corrected chi connectivity index (χ4v) is 1.51. The van der Waals surface area contributed by atoms with Gasteiger partial charge in [-0.15, -0.1) is 0 Å². The SMILES string of the molecule is Cc1ccc2ccc(NN)nc2c1C. The molecule has 0 amide bonds. The van der Waals surface area contributed by atoms with E-state index in [4.69, 9.17) is 5.84 Å². The molecule has 1 heterocycles. The number of hydrogen-bond acceptors (Lipinski definition) is 3. The van der Waals surface area contributed by atoms with Crippen LogP contribution in [0.5, 0.6) is 0 Å². The van der Waals surface area contributed by atoms with Crippen LogP contribution in [0.1, 0.15) is 11.1 Å². The highest BCUT2D eigenvalue weighted by Gasteiger charge is 2.02. The molecule has 0 fully saturated rings. The van der Waals surface area contributed by atoms with Gasteiger partial charge in [-0.05, 0) is 37.1 Å². The summed E-state index contributed by atoms with van der Waals surface area (Å²) in [4.78, 5) is 4.42. The van der Waals surface area contributed by atoms with E-state index in [0.29, 0.717) is 5.82 Å². The van der Waals surface area contributed by atoms with Gasteiger partial charge in [0.05, 0.1) is 5.52 Å². The first-order valence-corrected chi connectivity index (χ1v) is 4.56. The lowest BCUT2D eigenvalue weighted by Gasteiger charge is -2.06. The zero-order chi connectivity index (χ0) is 10.1. The quantitative estimate of drug-likeness (QED) is 0.531. The molecule has 0 bridgehead atoms. The number of aryl methyl sites for hydroxylation is 2. The molecule has 0 saturated carbocycles. The van der Waals surface area contributed by atoms with Crippen LogP contribution in [0.4, 0.5) is 5.82 Å². The van der Waals surface area contributed by atoms with Gasteiger partial charge < -0.3 is 5.43 Å². The normalized spacial score (nSPS) is 10.5. The Morgan fingerprint density at radius 2 is 1.86 bits per heavy atom. The second kappa shape index (κ2) is 3.27. The smallest absolute Gasteiger partial charge is 0.140 e. The Hall–Kier alpha value is -1.61. The van der Waals surface area contributed by atoms with Crippen LogP contribution in [0.25, 0.3) is 10.9 Å². The van der Waals surface area contributed by atoms with E-state index in [1.54, 1.807) is 0 Å². The number of nitrogen functional groups attached to an aromatic ring is 1. The molecule has 0 unspecified atom stereocenters. The molecule has 14 heavy (non-hydrogen) atoms. The Morgan fingerprint density at radius 3 is 2.57 bits per heavy atom. The van der Waals surface area contributed by atoms with Crippen molar-refractivity contribution in [3.05, 3.63) is 35.4 Å². The van der Waals surface area contributed by atoms with E-state index >= 15 is 0 Å². The van der Waals surface area contributed by atoms with Crippen LogP contribution in [0.15, 0.2) is 24.3 Å². The van der Waals surface area contributed by atoms with Gasteiger partial charge in [0.1, 0.15) is 5.82 Å². The van der Waals surface area contributed by atoms with Crippen molar-refractivity contribution in [1.29, 1.82) is 0 Å². The summed E-state index contributed by atoms with van der Waals surface area (Å²) in [5.41, 5.74) is 6.03. The van der Waals surface area contributed by atoms with Crippen molar-refractivity contribution in [2.75, 3.05) is 5.43 Å². The van der Waals surface area contributed by atoms with Crippen molar-refractivity contribution in [3.63, 3.8) is 0 Å². The van der Waals surface area contributed by atoms with Gasteiger partial charge in [-0.1, -0.05) is 12.1 Å². The molecule has 2 aromatic rings. The standard InChI is InChI=1S/C11H13N3/c1-7-3-4-9-5-6-10(14-12)13-11(9)8(7)2/h3-6H,12H2,1-2H3,(H,13,14). The molecule has 0 saturated heterocycles. The molecule has 2 rings (SSSR count). The zero-order valence-electron chi connectivity index (χ0n) is 8.33. The van der Waals surface area contributed by atoms with Crippen LogP contribution < -0.4 is 11.3 Å². The van der Waals surface area contributed by atoms with Gasteiger partial charge in [-0.3, -0.25) is 0 Å². The average molecular weight is 187 g/mol. The fourth-order valence-electron chi connectivity index (χ4n) is 1.51. The van der Waals surface area contributed by atoms with Crippen LogP contribution in [0.2, 0.25) is 0 Å². The minimum Gasteiger partial charge on any atom is -0.308 e. The highest BCUT2D eigenvalue weighted by Crippen LogP contribution is 2.20. The number of fused-ring (bicyclic) bond motifs is 1. The third-order valence-corrected chi connectivity index (χ3v) is 2.53. The minimum atomic E-state index is 0.700. The molecule has 0 aliphatic heterocycles. The van der Waals surface area contributed by atoms with E-state index in [-0.39, 0.29) is 0 Å². The molecule has 0 aliphatic carbocycles. The number of nitrogens with one attached hydrogen (secondary N) is 1. The number of pyridine rings is 1. The Labute approximate surface area is 82.9 Å². The Balaban J connectivity index is 2.78. The number of anilines is 1. The van der Waals surface area contributed by atoms with Gasteiger partial charge in [-0.25, -0.2) is 10.8 Å². The molecule has 72 valence electrons. The fraction of sp³-hybridized carbons (Fsp3) is 0.182. The number of benzene rings is 1. The van der Waals surface area contributed by atoms with Crippen LogP contribution in [-0.4, -0.2) is 4.98 Å². The summed E-state index contributed by atoms with van der Waals surface area (Å²) in [6.07, 6.45) is 0. The number of nitrogens with two attached hydrogens (primary N) is 1. The van der Waals surface area contributed by atoms with Crippen molar-refractivity contribution >= 4 is 16.7 Å². The Morgan fingerprint density at radius 1 is 1.14 bits per heavy atom. The first-order valence-electron chi connectivity index (χ1n) is 4.56. The second-order valence-electron chi connectivity index (χ2n) is 3.42. The number of aromatic nitrogens is 1. The molecule has 1 aromatic heterocycles. The Kier molecular flexibility index (Phi) is 2.09. The molecule has 3 heteroatoms. The molecular formula is C11H13N3. The first kappa shape index (κ1) is 8.97. The van der Waals surface area contributed by atoms with E-state index in [2.05, 4.69) is 36.4 Å². The van der Waals surface area contributed by atoms with Gasteiger partial charge >= 0.3 is 0 Å². The van der Waals surface area contributed by atoms with Crippen LogP contribution in [0, 0.1) is 13.8 Å². The maximum Gasteiger partial charge on any atom is 0.140 e. The predicted molar refractivity (Wildman–Crippen MR) is 59.0 cm³/mol. The maximum absolute atomic E-state index is 5.32. The number of hydrazine groups is 1. The number of rotatable bonds is 1. The third kappa shape index (κ3) is 1.32. The topological polar surface area (TPSA) is 50.9 Å². The summed E-state index contributed by atoms with van der Waals surface area (Å²) in [6, 6.07) is 8.07. The summed E-state index contributed by atoms with van der Waals surface area (Å²) >= 11 is 0. The van der Waals surface area contributed by atoms with Gasteiger partial charge in [-0.2, -0.15) is 0 Å². The molecular weight excluding hydrogens is 174 g/mol. The van der Waals surface area contributed by atoms with E-state index in [1.165, 1.54) is 11.1 Å². The largest absolute Gasteiger partial charge is 0.308 e. The van der Waals surface area contributed by atoms with Crippen LogP contribution in [0.3, 0.4) is 0 Å². The third-order valence-electron chi connectivity index (χ3n) is 2.53. The van der Waals surface area contributed by atoms with Crippen molar-refractivity contribution in [1.82, 2.24) is 4.98 Å². The van der Waals surface area contributed by atoms with Gasteiger partial charge in [0.15, 0.2) is 0 Å². The van der Waals surface area contributed by atoms with Crippen LogP contribution in [-0.2, 0) is 0 Å². The molecule has 0 aliphatic rings. The van der Waals surface area contributed by atoms with Crippen molar-refractivity contribution in [2.24, 2.45) is 5.84 Å². The summed E-state index contributed by atoms with van der Waals surface area (Å²) in [5.74, 6) is 6.02. The van der Waals surface area contributed by atoms with E-state index in [9.17, 15) is 0 Å². The van der Waals surface area contributed by atoms with Crippen LogP contribution >= 0.6 is 0 Å². The maximum atomic E-state index is 5.32. The summed E-state index contributed by atoms with van der Waals surface area (Å²) in [5, 5.41) is 1.15. The molecule has 3 N–H and O–H groups in total. The van der Waals surface area contributed by atoms with Crippen molar-refractivity contribution < 1.29 is 0 Å². The highest BCUT2D eigenvalue weighted by atomic mass is 15.2. The van der Waals surface area contributed by atoms with Gasteiger partial charge in [0.25, 0.3) is 0 Å². The van der Waals surface area contributed by atoms with Gasteiger partial charge in [0.2, 0.25) is 0 Å². The lowest BCUT2D eigenvalue weighted by molar-refractivity contribution is 1.24. The van der Waals surface area contributed by atoms with E-state index in [1.807, 2.05) is 12.1 Å².